The molecule has 0 amide bonds. The maximum Gasteiger partial charge on any atom is 0.225 e. The van der Waals surface area contributed by atoms with Gasteiger partial charge in [0.1, 0.15) is 0 Å². The highest BCUT2D eigenvalue weighted by atomic mass is 16.5. The van der Waals surface area contributed by atoms with E-state index >= 15 is 0 Å². The third kappa shape index (κ3) is 1.82. The molecule has 116 valence electrons. The Hall–Kier alpha value is -0.990. The Morgan fingerprint density at radius 3 is 2.24 bits per heavy atom. The molecule has 4 bridgehead atoms. The molecule has 1 aromatic rings. The molecular formula is C18H28N2O. The van der Waals surface area contributed by atoms with Crippen LogP contribution in [0.2, 0.25) is 0 Å². The zero-order chi connectivity index (χ0) is 15.0. The van der Waals surface area contributed by atoms with Crippen molar-refractivity contribution in [1.82, 2.24) is 5.16 Å². The lowest BCUT2D eigenvalue weighted by Crippen LogP contribution is -2.57. The molecule has 4 saturated carbocycles. The zero-order valence-electron chi connectivity index (χ0n) is 13.8. The fourth-order valence-corrected chi connectivity index (χ4v) is 6.96. The first-order chi connectivity index (χ1) is 9.74. The number of hydrogen-bond acceptors (Lipinski definition) is 3. The third-order valence-corrected chi connectivity index (χ3v) is 6.46. The summed E-state index contributed by atoms with van der Waals surface area (Å²) in [5, 5.41) is 4.49. The summed E-state index contributed by atoms with van der Waals surface area (Å²) in [5.74, 6) is 1.81. The number of anilines is 1. The maximum atomic E-state index is 6.10. The zero-order valence-corrected chi connectivity index (χ0v) is 13.8. The van der Waals surface area contributed by atoms with E-state index in [1.165, 1.54) is 49.8 Å². The van der Waals surface area contributed by atoms with Crippen LogP contribution in [-0.2, 0) is 5.41 Å². The van der Waals surface area contributed by atoms with Gasteiger partial charge in [-0.15, -0.1) is 0 Å². The first-order valence-corrected chi connectivity index (χ1v) is 8.50. The van der Waals surface area contributed by atoms with Gasteiger partial charge in [-0.1, -0.05) is 32.9 Å². The summed E-state index contributed by atoms with van der Waals surface area (Å²) in [6.07, 6.45) is 8.06. The largest absolute Gasteiger partial charge is 0.367 e. The van der Waals surface area contributed by atoms with Crippen molar-refractivity contribution in [1.29, 1.82) is 0 Å². The molecule has 4 aliphatic carbocycles. The minimum absolute atomic E-state index is 0.226. The quantitative estimate of drug-likeness (QED) is 0.863. The van der Waals surface area contributed by atoms with Gasteiger partial charge in [0.25, 0.3) is 0 Å². The van der Waals surface area contributed by atoms with Gasteiger partial charge in [-0.25, -0.2) is 0 Å². The van der Waals surface area contributed by atoms with Crippen molar-refractivity contribution in [3.05, 3.63) is 11.3 Å². The molecule has 21 heavy (non-hydrogen) atoms. The van der Waals surface area contributed by atoms with Crippen LogP contribution in [0.1, 0.15) is 83.4 Å². The Morgan fingerprint density at radius 1 is 1.10 bits per heavy atom. The predicted octanol–water partition coefficient (Wildman–Crippen LogP) is 4.63. The number of rotatable bonds is 2. The Kier molecular flexibility index (Phi) is 2.51. The van der Waals surface area contributed by atoms with Crippen LogP contribution in [0.25, 0.3) is 0 Å². The van der Waals surface area contributed by atoms with Crippen molar-refractivity contribution in [2.24, 2.45) is 16.7 Å². The minimum Gasteiger partial charge on any atom is -0.367 e. The molecule has 2 unspecified atom stereocenters. The summed E-state index contributed by atoms with van der Waals surface area (Å²) in [6.45, 7) is 9.42. The van der Waals surface area contributed by atoms with Crippen molar-refractivity contribution in [3.63, 3.8) is 0 Å². The summed E-state index contributed by atoms with van der Waals surface area (Å²) in [6, 6.07) is 0. The Balaban J connectivity index is 1.85. The molecule has 0 saturated heterocycles. The SMILES string of the molecule is CC(C)c1c(C23CC4CC(C)(CC(C)(C4)C2)C3)noc1N. The topological polar surface area (TPSA) is 52.0 Å². The maximum absolute atomic E-state index is 6.10. The van der Waals surface area contributed by atoms with Crippen molar-refractivity contribution in [2.45, 2.75) is 77.6 Å². The lowest BCUT2D eigenvalue weighted by Gasteiger charge is -2.65. The molecule has 1 aromatic heterocycles. The number of nitrogens with two attached hydrogens (primary N) is 1. The van der Waals surface area contributed by atoms with Gasteiger partial charge in [0.05, 0.1) is 5.69 Å². The fraction of sp³-hybridized carbons (Fsp3) is 0.833. The average molecular weight is 288 g/mol. The predicted molar refractivity (Wildman–Crippen MR) is 84.1 cm³/mol. The molecule has 4 fully saturated rings. The van der Waals surface area contributed by atoms with E-state index in [1.807, 2.05) is 0 Å². The highest BCUT2D eigenvalue weighted by Crippen LogP contribution is 2.70. The molecule has 0 spiro atoms. The summed E-state index contributed by atoms with van der Waals surface area (Å²) in [7, 11) is 0. The van der Waals surface area contributed by atoms with Crippen LogP contribution in [0.15, 0.2) is 4.52 Å². The van der Waals surface area contributed by atoms with Crippen LogP contribution in [0.5, 0.6) is 0 Å². The first-order valence-electron chi connectivity index (χ1n) is 8.50. The lowest BCUT2D eigenvalue weighted by atomic mass is 9.39. The molecule has 3 nitrogen and oxygen atoms in total. The number of nitrogens with zero attached hydrogens (tertiary/aromatic N) is 1. The average Bonchev–Trinajstić information content (AvgIpc) is 2.66. The molecular weight excluding hydrogens is 260 g/mol. The van der Waals surface area contributed by atoms with Gasteiger partial charge >= 0.3 is 0 Å². The summed E-state index contributed by atoms with van der Waals surface area (Å²) in [4.78, 5) is 0. The molecule has 2 N–H and O–H groups in total. The summed E-state index contributed by atoms with van der Waals surface area (Å²) < 4.78 is 5.44. The van der Waals surface area contributed by atoms with Crippen molar-refractivity contribution < 1.29 is 4.52 Å². The minimum atomic E-state index is 0.226. The van der Waals surface area contributed by atoms with Gasteiger partial charge in [-0.2, -0.15) is 0 Å². The fourth-order valence-electron chi connectivity index (χ4n) is 6.96. The molecule has 2 atom stereocenters. The van der Waals surface area contributed by atoms with E-state index in [9.17, 15) is 0 Å². The monoisotopic (exact) mass is 288 g/mol. The Labute approximate surface area is 127 Å². The van der Waals surface area contributed by atoms with E-state index < -0.39 is 0 Å². The van der Waals surface area contributed by atoms with Crippen LogP contribution < -0.4 is 5.73 Å². The van der Waals surface area contributed by atoms with E-state index in [1.54, 1.807) is 0 Å². The van der Waals surface area contributed by atoms with Crippen LogP contribution in [0.4, 0.5) is 5.88 Å². The highest BCUT2D eigenvalue weighted by Gasteiger charge is 2.62. The molecule has 1 heterocycles. The van der Waals surface area contributed by atoms with Crippen LogP contribution >= 0.6 is 0 Å². The van der Waals surface area contributed by atoms with E-state index in [0.717, 1.165) is 5.92 Å². The normalized spacial score (nSPS) is 44.7. The second-order valence-corrected chi connectivity index (χ2v) is 9.37. The van der Waals surface area contributed by atoms with Gasteiger partial charge in [0.15, 0.2) is 0 Å². The number of aromatic nitrogens is 1. The summed E-state index contributed by atoms with van der Waals surface area (Å²) in [5.41, 5.74) is 9.71. The molecule has 5 rings (SSSR count). The standard InChI is InChI=1S/C18H28N2O/c1-11(2)13-14(20-21-15(13)19)18-7-12-5-16(3,9-18)8-17(4,6-12)10-18/h11-12H,5-10,19H2,1-4H3. The van der Waals surface area contributed by atoms with Gasteiger partial charge in [-0.05, 0) is 61.2 Å². The second-order valence-electron chi connectivity index (χ2n) is 9.37. The van der Waals surface area contributed by atoms with E-state index in [4.69, 9.17) is 10.3 Å². The smallest absolute Gasteiger partial charge is 0.225 e. The van der Waals surface area contributed by atoms with Crippen LogP contribution in [0, 0.1) is 16.7 Å². The van der Waals surface area contributed by atoms with Gasteiger partial charge < -0.3 is 10.3 Å². The highest BCUT2D eigenvalue weighted by molar-refractivity contribution is 5.46. The Morgan fingerprint density at radius 2 is 1.71 bits per heavy atom. The molecule has 0 radical (unpaired) electrons. The van der Waals surface area contributed by atoms with Gasteiger partial charge in [-0.3, -0.25) is 0 Å². The van der Waals surface area contributed by atoms with E-state index in [0.29, 0.717) is 22.6 Å². The number of hydrogen-bond donors (Lipinski definition) is 1. The Bertz CT molecular complexity index is 570. The molecule has 0 aromatic carbocycles. The summed E-state index contributed by atoms with van der Waals surface area (Å²) >= 11 is 0. The molecule has 4 aliphatic rings. The van der Waals surface area contributed by atoms with Gasteiger partial charge in [0.2, 0.25) is 5.88 Å². The number of nitrogen functional groups attached to an aromatic ring is 1. The van der Waals surface area contributed by atoms with Gasteiger partial charge in [0, 0.05) is 11.0 Å². The van der Waals surface area contributed by atoms with Crippen molar-refractivity contribution in [3.8, 4) is 0 Å². The van der Waals surface area contributed by atoms with Crippen LogP contribution in [-0.4, -0.2) is 5.16 Å². The van der Waals surface area contributed by atoms with E-state index in [2.05, 4.69) is 32.9 Å². The van der Waals surface area contributed by atoms with Crippen molar-refractivity contribution >= 4 is 5.88 Å². The molecule has 3 heteroatoms. The van der Waals surface area contributed by atoms with E-state index in [-0.39, 0.29) is 5.41 Å². The third-order valence-electron chi connectivity index (χ3n) is 6.46. The van der Waals surface area contributed by atoms with Crippen LogP contribution in [0.3, 0.4) is 0 Å². The first kappa shape index (κ1) is 13.7. The lowest BCUT2D eigenvalue weighted by molar-refractivity contribution is -0.112. The van der Waals surface area contributed by atoms with Crippen molar-refractivity contribution in [2.75, 3.05) is 5.73 Å². The second kappa shape index (κ2) is 3.85. The molecule has 0 aliphatic heterocycles.